The molecule has 0 atom stereocenters. The summed E-state index contributed by atoms with van der Waals surface area (Å²) in [6.07, 6.45) is 4.98. The van der Waals surface area contributed by atoms with E-state index in [1.54, 1.807) is 12.4 Å². The number of benzene rings is 1. The zero-order valence-corrected chi connectivity index (χ0v) is 20.4. The lowest BCUT2D eigenvalue weighted by atomic mass is 10.1. The molecule has 0 spiro atoms. The van der Waals surface area contributed by atoms with Crippen molar-refractivity contribution in [3.05, 3.63) is 66.4 Å². The standard InChI is InChI=1S/C26H27N7O3/c1-16-8-18(5-7-23(16)36-20-6-4-17(2)27-10-20)32-26-21-9-24(28-11-22(21)29-15-30-26)33-12-19(13-33)31-25(34)14-35-3/h4-11,15,19H,12-14H2,1-3H3,(H,31,34)(H,29,30,32). The van der Waals surface area contributed by atoms with Gasteiger partial charge in [-0.25, -0.2) is 15.0 Å². The third-order valence-corrected chi connectivity index (χ3v) is 5.90. The molecular weight excluding hydrogens is 458 g/mol. The van der Waals surface area contributed by atoms with Crippen LogP contribution in [0.3, 0.4) is 0 Å². The number of fused-ring (bicyclic) bond motifs is 1. The van der Waals surface area contributed by atoms with Gasteiger partial charge in [-0.3, -0.25) is 9.78 Å². The number of carbonyl (C=O) groups excluding carboxylic acids is 1. The van der Waals surface area contributed by atoms with E-state index in [1.165, 1.54) is 13.4 Å². The molecule has 1 saturated heterocycles. The van der Waals surface area contributed by atoms with Crippen LogP contribution in [0.4, 0.5) is 17.3 Å². The number of ether oxygens (including phenoxy) is 2. The number of nitrogens with one attached hydrogen (secondary N) is 2. The minimum atomic E-state index is -0.115. The number of carbonyl (C=O) groups is 1. The van der Waals surface area contributed by atoms with Crippen LogP contribution in [0, 0.1) is 13.8 Å². The topological polar surface area (TPSA) is 114 Å². The summed E-state index contributed by atoms with van der Waals surface area (Å²) in [5.74, 6) is 2.83. The normalized spacial score (nSPS) is 13.4. The summed E-state index contributed by atoms with van der Waals surface area (Å²) in [7, 11) is 1.51. The molecule has 10 heteroatoms. The van der Waals surface area contributed by atoms with E-state index >= 15 is 0 Å². The van der Waals surface area contributed by atoms with Crippen LogP contribution in [0.25, 0.3) is 10.9 Å². The van der Waals surface area contributed by atoms with E-state index in [4.69, 9.17) is 9.47 Å². The smallest absolute Gasteiger partial charge is 0.246 e. The first-order valence-corrected chi connectivity index (χ1v) is 11.6. The lowest BCUT2D eigenvalue weighted by Gasteiger charge is -2.40. The fourth-order valence-electron chi connectivity index (χ4n) is 4.00. The Morgan fingerprint density at radius 3 is 2.67 bits per heavy atom. The number of anilines is 3. The SMILES string of the molecule is COCC(=O)NC1CN(c2cc3c(Nc4ccc(Oc5ccc(C)nc5)c(C)c4)ncnc3cn2)C1. The van der Waals surface area contributed by atoms with Gasteiger partial charge in [0.25, 0.3) is 0 Å². The van der Waals surface area contributed by atoms with Crippen LogP contribution < -0.4 is 20.3 Å². The van der Waals surface area contributed by atoms with Crippen LogP contribution in [-0.2, 0) is 9.53 Å². The molecule has 3 aromatic heterocycles. The third kappa shape index (κ3) is 5.18. The maximum absolute atomic E-state index is 11.7. The van der Waals surface area contributed by atoms with Crippen molar-refractivity contribution in [2.45, 2.75) is 19.9 Å². The first kappa shape index (κ1) is 23.4. The van der Waals surface area contributed by atoms with Crippen molar-refractivity contribution in [1.82, 2.24) is 25.3 Å². The van der Waals surface area contributed by atoms with Crippen LogP contribution in [0.2, 0.25) is 0 Å². The highest BCUT2D eigenvalue weighted by Gasteiger charge is 2.29. The zero-order chi connectivity index (χ0) is 25.1. The minimum absolute atomic E-state index is 0.0623. The third-order valence-electron chi connectivity index (χ3n) is 5.90. The van der Waals surface area contributed by atoms with Crippen molar-refractivity contribution in [1.29, 1.82) is 0 Å². The van der Waals surface area contributed by atoms with Gasteiger partial charge in [0.2, 0.25) is 5.91 Å². The number of pyridine rings is 2. The Labute approximate surface area is 208 Å². The largest absolute Gasteiger partial charge is 0.455 e. The fraction of sp³-hybridized carbons (Fsp3) is 0.269. The second kappa shape index (κ2) is 10.1. The predicted molar refractivity (Wildman–Crippen MR) is 137 cm³/mol. The summed E-state index contributed by atoms with van der Waals surface area (Å²) < 4.78 is 10.9. The molecule has 0 bridgehead atoms. The van der Waals surface area contributed by atoms with E-state index in [-0.39, 0.29) is 18.6 Å². The summed E-state index contributed by atoms with van der Waals surface area (Å²) >= 11 is 0. The highest BCUT2D eigenvalue weighted by atomic mass is 16.5. The number of methoxy groups -OCH3 is 1. The molecule has 0 unspecified atom stereocenters. The van der Waals surface area contributed by atoms with Crippen molar-refractivity contribution in [3.8, 4) is 11.5 Å². The van der Waals surface area contributed by atoms with E-state index in [2.05, 4.69) is 35.5 Å². The molecule has 1 aromatic carbocycles. The Hall–Kier alpha value is -4.31. The molecule has 1 aliphatic rings. The number of amides is 1. The Morgan fingerprint density at radius 1 is 1.06 bits per heavy atom. The summed E-state index contributed by atoms with van der Waals surface area (Å²) in [5, 5.41) is 7.20. The highest BCUT2D eigenvalue weighted by Crippen LogP contribution is 2.31. The summed E-state index contributed by atoms with van der Waals surface area (Å²) in [4.78, 5) is 31.5. The molecule has 1 fully saturated rings. The Kier molecular flexibility index (Phi) is 6.59. The van der Waals surface area contributed by atoms with E-state index < -0.39 is 0 Å². The van der Waals surface area contributed by atoms with Crippen molar-refractivity contribution in [2.75, 3.05) is 37.0 Å². The Morgan fingerprint density at radius 2 is 1.92 bits per heavy atom. The number of aromatic nitrogens is 4. The fourth-order valence-corrected chi connectivity index (χ4v) is 4.00. The van der Waals surface area contributed by atoms with Crippen molar-refractivity contribution in [2.24, 2.45) is 0 Å². The molecule has 36 heavy (non-hydrogen) atoms. The highest BCUT2D eigenvalue weighted by molar-refractivity contribution is 5.92. The molecular formula is C26H27N7O3. The van der Waals surface area contributed by atoms with Gasteiger partial charge in [-0.2, -0.15) is 0 Å². The molecule has 2 N–H and O–H groups in total. The van der Waals surface area contributed by atoms with Gasteiger partial charge in [0.15, 0.2) is 0 Å². The van der Waals surface area contributed by atoms with Gasteiger partial charge in [-0.1, -0.05) is 0 Å². The molecule has 4 aromatic rings. The van der Waals surface area contributed by atoms with Gasteiger partial charge < -0.3 is 25.0 Å². The number of rotatable bonds is 8. The van der Waals surface area contributed by atoms with Crippen molar-refractivity contribution in [3.63, 3.8) is 0 Å². The molecule has 4 heterocycles. The van der Waals surface area contributed by atoms with Gasteiger partial charge in [-0.15, -0.1) is 0 Å². The van der Waals surface area contributed by atoms with E-state index in [0.29, 0.717) is 24.7 Å². The van der Waals surface area contributed by atoms with Crippen molar-refractivity contribution < 1.29 is 14.3 Å². The summed E-state index contributed by atoms with van der Waals surface area (Å²) in [6, 6.07) is 11.8. The molecule has 5 rings (SSSR count). The van der Waals surface area contributed by atoms with E-state index in [9.17, 15) is 4.79 Å². The maximum atomic E-state index is 11.7. The molecule has 0 radical (unpaired) electrons. The second-order valence-corrected chi connectivity index (χ2v) is 8.73. The average Bonchev–Trinajstić information content (AvgIpc) is 2.84. The van der Waals surface area contributed by atoms with Gasteiger partial charge in [0.1, 0.15) is 36.1 Å². The Balaban J connectivity index is 1.30. The van der Waals surface area contributed by atoms with Crippen LogP contribution in [-0.4, -0.2) is 58.7 Å². The quantitative estimate of drug-likeness (QED) is 0.387. The lowest BCUT2D eigenvalue weighted by Crippen LogP contribution is -2.60. The van der Waals surface area contributed by atoms with E-state index in [1.807, 2.05) is 50.2 Å². The molecule has 0 saturated carbocycles. The van der Waals surface area contributed by atoms with Crippen LogP contribution in [0.1, 0.15) is 11.3 Å². The van der Waals surface area contributed by atoms with Crippen LogP contribution in [0.5, 0.6) is 11.5 Å². The van der Waals surface area contributed by atoms with Gasteiger partial charge in [0, 0.05) is 37.0 Å². The van der Waals surface area contributed by atoms with Gasteiger partial charge in [-0.05, 0) is 55.8 Å². The first-order valence-electron chi connectivity index (χ1n) is 11.6. The zero-order valence-electron chi connectivity index (χ0n) is 20.4. The van der Waals surface area contributed by atoms with Crippen LogP contribution in [0.15, 0.2) is 55.1 Å². The monoisotopic (exact) mass is 485 g/mol. The number of hydrogen-bond acceptors (Lipinski definition) is 9. The number of aryl methyl sites for hydroxylation is 2. The van der Waals surface area contributed by atoms with E-state index in [0.717, 1.165) is 39.4 Å². The van der Waals surface area contributed by atoms with Gasteiger partial charge >= 0.3 is 0 Å². The molecule has 1 aliphatic heterocycles. The predicted octanol–water partition coefficient (Wildman–Crippen LogP) is 3.52. The average molecular weight is 486 g/mol. The second-order valence-electron chi connectivity index (χ2n) is 8.73. The first-order chi connectivity index (χ1) is 17.5. The number of nitrogens with zero attached hydrogens (tertiary/aromatic N) is 5. The Bertz CT molecular complexity index is 1390. The molecule has 184 valence electrons. The lowest BCUT2D eigenvalue weighted by molar-refractivity contribution is -0.125. The maximum Gasteiger partial charge on any atom is 0.246 e. The summed E-state index contributed by atoms with van der Waals surface area (Å²) in [5.41, 5.74) is 3.54. The molecule has 10 nitrogen and oxygen atoms in total. The molecule has 1 amide bonds. The van der Waals surface area contributed by atoms with Gasteiger partial charge in [0.05, 0.1) is 24.0 Å². The van der Waals surface area contributed by atoms with Crippen LogP contribution >= 0.6 is 0 Å². The molecule has 0 aliphatic carbocycles. The summed E-state index contributed by atoms with van der Waals surface area (Å²) in [6.45, 7) is 5.36. The minimum Gasteiger partial charge on any atom is -0.455 e. The number of hydrogen-bond donors (Lipinski definition) is 2. The van der Waals surface area contributed by atoms with Crippen molar-refractivity contribution >= 4 is 34.1 Å².